The molecule has 0 radical (unpaired) electrons. The highest BCUT2D eigenvalue weighted by atomic mass is 16.5. The summed E-state index contributed by atoms with van der Waals surface area (Å²) in [6.45, 7) is 8.46. The number of esters is 1. The monoisotopic (exact) mass is 405 g/mol. The summed E-state index contributed by atoms with van der Waals surface area (Å²) < 4.78 is 5.13. The Morgan fingerprint density at radius 1 is 1.24 bits per heavy atom. The zero-order chi connectivity index (χ0) is 21.6. The number of hydrogen-bond acceptors (Lipinski definition) is 4. The lowest BCUT2D eigenvalue weighted by Gasteiger charge is -2.23. The lowest BCUT2D eigenvalue weighted by molar-refractivity contribution is -0.147. The van der Waals surface area contributed by atoms with E-state index in [4.69, 9.17) is 4.74 Å². The lowest BCUT2D eigenvalue weighted by Crippen LogP contribution is -2.33. The molecular weight excluding hydrogens is 366 g/mol. The van der Waals surface area contributed by atoms with Crippen molar-refractivity contribution in [3.05, 3.63) is 12.2 Å². The van der Waals surface area contributed by atoms with Gasteiger partial charge in [0.2, 0.25) is 5.91 Å². The molecule has 0 aromatic carbocycles. The summed E-state index contributed by atoms with van der Waals surface area (Å²) in [5.74, 6) is 6.26. The van der Waals surface area contributed by atoms with E-state index in [-0.39, 0.29) is 29.9 Å². The number of aliphatic hydroxyl groups is 1. The molecule has 29 heavy (non-hydrogen) atoms. The van der Waals surface area contributed by atoms with Crippen LogP contribution in [0.5, 0.6) is 0 Å². The molecule has 164 valence electrons. The van der Waals surface area contributed by atoms with Crippen molar-refractivity contribution in [1.82, 2.24) is 4.90 Å². The van der Waals surface area contributed by atoms with E-state index in [1.165, 1.54) is 0 Å². The molecule has 1 aliphatic rings. The normalized spacial score (nSPS) is 18.8. The highest BCUT2D eigenvalue weighted by molar-refractivity contribution is 5.79. The number of carbonyl (C=O) groups excluding carboxylic acids is 2. The summed E-state index contributed by atoms with van der Waals surface area (Å²) >= 11 is 0. The smallest absolute Gasteiger partial charge is 0.306 e. The van der Waals surface area contributed by atoms with Crippen molar-refractivity contribution in [2.75, 3.05) is 6.54 Å². The number of likely N-dealkylation sites (tertiary alicyclic amines) is 1. The Kier molecular flexibility index (Phi) is 12.4. The van der Waals surface area contributed by atoms with Crippen molar-refractivity contribution in [3.8, 4) is 11.8 Å². The van der Waals surface area contributed by atoms with Crippen molar-refractivity contribution in [3.63, 3.8) is 0 Å². The van der Waals surface area contributed by atoms with Crippen molar-refractivity contribution in [1.29, 1.82) is 0 Å². The first-order chi connectivity index (χ1) is 13.8. The van der Waals surface area contributed by atoms with Gasteiger partial charge in [-0.1, -0.05) is 38.8 Å². The number of rotatable bonds is 12. The van der Waals surface area contributed by atoms with Gasteiger partial charge in [-0.3, -0.25) is 9.59 Å². The van der Waals surface area contributed by atoms with Crippen LogP contribution in [0.1, 0.15) is 85.5 Å². The van der Waals surface area contributed by atoms with Crippen molar-refractivity contribution < 1.29 is 19.4 Å². The Hall–Kier alpha value is -1.80. The maximum absolute atomic E-state index is 12.2. The van der Waals surface area contributed by atoms with E-state index in [0.717, 1.165) is 45.1 Å². The molecule has 1 N–H and O–H groups in total. The fourth-order valence-corrected chi connectivity index (χ4v) is 3.38. The van der Waals surface area contributed by atoms with Gasteiger partial charge in [0.15, 0.2) is 0 Å². The van der Waals surface area contributed by atoms with E-state index < -0.39 is 6.10 Å². The molecule has 3 atom stereocenters. The van der Waals surface area contributed by atoms with Crippen LogP contribution < -0.4 is 0 Å². The van der Waals surface area contributed by atoms with Crippen LogP contribution in [-0.4, -0.2) is 46.7 Å². The van der Waals surface area contributed by atoms with E-state index >= 15 is 0 Å². The van der Waals surface area contributed by atoms with Gasteiger partial charge < -0.3 is 14.7 Å². The average Bonchev–Trinajstić information content (AvgIpc) is 3.01. The molecule has 0 bridgehead atoms. The van der Waals surface area contributed by atoms with E-state index in [1.54, 1.807) is 0 Å². The number of aliphatic hydroxyl groups excluding tert-OH is 1. The van der Waals surface area contributed by atoms with Crippen molar-refractivity contribution in [2.24, 2.45) is 5.92 Å². The summed E-state index contributed by atoms with van der Waals surface area (Å²) in [6, 6.07) is 0.0760. The number of unbranched alkanes of at least 4 members (excludes halogenated alkanes) is 3. The predicted octanol–water partition coefficient (Wildman–Crippen LogP) is 4.24. The topological polar surface area (TPSA) is 66.8 Å². The zero-order valence-corrected chi connectivity index (χ0v) is 18.7. The van der Waals surface area contributed by atoms with E-state index in [0.29, 0.717) is 19.3 Å². The number of carbonyl (C=O) groups is 2. The van der Waals surface area contributed by atoms with E-state index in [2.05, 4.69) is 11.8 Å². The lowest BCUT2D eigenvalue weighted by atomic mass is 10.00. The Morgan fingerprint density at radius 3 is 2.66 bits per heavy atom. The molecule has 1 heterocycles. The Labute approximate surface area is 176 Å². The summed E-state index contributed by atoms with van der Waals surface area (Å²) in [7, 11) is 0. The molecule has 1 amide bonds. The van der Waals surface area contributed by atoms with Crippen LogP contribution in [0.3, 0.4) is 0 Å². The van der Waals surface area contributed by atoms with Gasteiger partial charge in [0.1, 0.15) is 0 Å². The third-order valence-corrected chi connectivity index (χ3v) is 5.11. The number of hydrogen-bond donors (Lipinski definition) is 1. The first kappa shape index (κ1) is 25.2. The molecule has 0 saturated carbocycles. The largest absolute Gasteiger partial charge is 0.463 e. The SMILES string of the molecule is CCC#CC[C@H](C)[C@H](O)/C=C/C1CCC(=O)N1CCCCCCC(=O)OC(C)C. The second-order valence-electron chi connectivity index (χ2n) is 8.16. The molecule has 0 aromatic heterocycles. The molecule has 0 spiro atoms. The minimum atomic E-state index is -0.538. The van der Waals surface area contributed by atoms with Gasteiger partial charge in [-0.05, 0) is 39.0 Å². The third-order valence-electron chi connectivity index (χ3n) is 5.11. The van der Waals surface area contributed by atoms with Crippen molar-refractivity contribution >= 4 is 11.9 Å². The molecule has 1 fully saturated rings. The molecule has 1 saturated heterocycles. The highest BCUT2D eigenvalue weighted by Crippen LogP contribution is 2.22. The van der Waals surface area contributed by atoms with Gasteiger partial charge in [0, 0.05) is 32.2 Å². The average molecular weight is 406 g/mol. The quantitative estimate of drug-likeness (QED) is 0.228. The molecule has 5 nitrogen and oxygen atoms in total. The van der Waals surface area contributed by atoms with Crippen LogP contribution in [-0.2, 0) is 14.3 Å². The molecule has 1 unspecified atom stereocenters. The van der Waals surface area contributed by atoms with Crippen LogP contribution in [0, 0.1) is 17.8 Å². The Bertz CT molecular complexity index is 587. The molecular formula is C24H39NO4. The fourth-order valence-electron chi connectivity index (χ4n) is 3.38. The van der Waals surface area contributed by atoms with Gasteiger partial charge in [-0.15, -0.1) is 11.8 Å². The van der Waals surface area contributed by atoms with Crippen LogP contribution in [0.25, 0.3) is 0 Å². The van der Waals surface area contributed by atoms with Crippen LogP contribution in [0.15, 0.2) is 12.2 Å². The van der Waals surface area contributed by atoms with E-state index in [1.807, 2.05) is 44.7 Å². The number of amides is 1. The minimum absolute atomic E-state index is 0.0561. The zero-order valence-electron chi connectivity index (χ0n) is 18.7. The van der Waals surface area contributed by atoms with Crippen LogP contribution in [0.2, 0.25) is 0 Å². The van der Waals surface area contributed by atoms with E-state index in [9.17, 15) is 14.7 Å². The van der Waals surface area contributed by atoms with Gasteiger partial charge in [-0.25, -0.2) is 0 Å². The highest BCUT2D eigenvalue weighted by Gasteiger charge is 2.28. The standard InChI is InChI=1S/C24H39NO4/c1-5-6-9-12-20(4)22(26)16-14-21-15-17-23(27)25(21)18-11-8-7-10-13-24(28)29-19(2)3/h14,16,19-22,26H,5,7-8,10-13,15,17-18H2,1-4H3/b16-14+/t20-,21?,22+/m0/s1. The van der Waals surface area contributed by atoms with Gasteiger partial charge >= 0.3 is 5.97 Å². The van der Waals surface area contributed by atoms with Gasteiger partial charge in [0.05, 0.1) is 18.2 Å². The molecule has 0 aliphatic carbocycles. The minimum Gasteiger partial charge on any atom is -0.463 e. The Balaban J connectivity index is 2.33. The first-order valence-electron chi connectivity index (χ1n) is 11.2. The first-order valence-corrected chi connectivity index (χ1v) is 11.2. The number of ether oxygens (including phenoxy) is 1. The molecule has 5 heteroatoms. The van der Waals surface area contributed by atoms with Crippen molar-refractivity contribution in [2.45, 2.75) is 104 Å². The fraction of sp³-hybridized carbons (Fsp3) is 0.750. The summed E-state index contributed by atoms with van der Waals surface area (Å²) in [5, 5.41) is 10.3. The second-order valence-corrected chi connectivity index (χ2v) is 8.16. The maximum atomic E-state index is 12.2. The predicted molar refractivity (Wildman–Crippen MR) is 116 cm³/mol. The van der Waals surface area contributed by atoms with Gasteiger partial charge in [0.25, 0.3) is 0 Å². The van der Waals surface area contributed by atoms with Gasteiger partial charge in [-0.2, -0.15) is 0 Å². The second kappa shape index (κ2) is 14.2. The summed E-state index contributed by atoms with van der Waals surface area (Å²) in [5.41, 5.74) is 0. The number of nitrogens with zero attached hydrogens (tertiary/aromatic N) is 1. The summed E-state index contributed by atoms with van der Waals surface area (Å²) in [4.78, 5) is 25.6. The molecule has 1 aliphatic heterocycles. The summed E-state index contributed by atoms with van der Waals surface area (Å²) in [6.07, 6.45) is 10.3. The van der Waals surface area contributed by atoms with Crippen LogP contribution >= 0.6 is 0 Å². The molecule has 0 aromatic rings. The van der Waals surface area contributed by atoms with Crippen LogP contribution in [0.4, 0.5) is 0 Å². The Morgan fingerprint density at radius 2 is 1.97 bits per heavy atom. The third kappa shape index (κ3) is 10.5. The maximum Gasteiger partial charge on any atom is 0.306 e. The molecule has 1 rings (SSSR count).